The lowest BCUT2D eigenvalue weighted by Gasteiger charge is -2.19. The van der Waals surface area contributed by atoms with Crippen LogP contribution in [-0.2, 0) is 0 Å². The molecule has 0 saturated heterocycles. The Morgan fingerprint density at radius 3 is 2.03 bits per heavy atom. The summed E-state index contributed by atoms with van der Waals surface area (Å²) in [5, 5.41) is 0. The first kappa shape index (κ1) is 22.6. The van der Waals surface area contributed by atoms with E-state index in [1.54, 1.807) is 0 Å². The normalized spacial score (nSPS) is 19.4. The van der Waals surface area contributed by atoms with Gasteiger partial charge in [0.1, 0.15) is 0 Å². The molecule has 2 aliphatic rings. The Bertz CT molecular complexity index is 1040. The number of hydrogen-bond acceptors (Lipinski definition) is 4. The molecular weight excluding hydrogens is 429 g/mol. The fourth-order valence-electron chi connectivity index (χ4n) is 2.73. The molecule has 0 spiro atoms. The molecule has 0 saturated carbocycles. The molecule has 3 rings (SSSR count). The van der Waals surface area contributed by atoms with Gasteiger partial charge in [-0.15, -0.1) is 0 Å². The molecule has 1 aromatic carbocycles. The summed E-state index contributed by atoms with van der Waals surface area (Å²) in [7, 11) is 0. The van der Waals surface area contributed by atoms with Crippen molar-refractivity contribution in [3.63, 3.8) is 0 Å². The smallest absolute Gasteiger partial charge is 0.0726 e. The van der Waals surface area contributed by atoms with E-state index in [4.69, 9.17) is 0 Å². The Morgan fingerprint density at radius 1 is 0.793 bits per heavy atom. The SMILES string of the molecule is CC1=C(C#Cc2cccc(C#CC(C)C)c2)S/C(=C2\SC(C)=C(C(C)(C)C)S2)S1. The zero-order valence-electron chi connectivity index (χ0n) is 18.0. The lowest BCUT2D eigenvalue weighted by Crippen LogP contribution is -2.05. The molecule has 0 amide bonds. The Balaban J connectivity index is 1.75. The summed E-state index contributed by atoms with van der Waals surface area (Å²) < 4.78 is 2.78. The van der Waals surface area contributed by atoms with E-state index >= 15 is 0 Å². The van der Waals surface area contributed by atoms with Gasteiger partial charge in [0.2, 0.25) is 0 Å². The van der Waals surface area contributed by atoms with Crippen molar-refractivity contribution in [2.75, 3.05) is 0 Å². The maximum atomic E-state index is 3.40. The van der Waals surface area contributed by atoms with E-state index in [1.165, 1.54) is 28.1 Å². The largest absolute Gasteiger partial charge is 0.0951 e. The van der Waals surface area contributed by atoms with Crippen molar-refractivity contribution in [1.29, 1.82) is 0 Å². The summed E-state index contributed by atoms with van der Waals surface area (Å²) in [6.07, 6.45) is 0. The zero-order chi connectivity index (χ0) is 21.2. The van der Waals surface area contributed by atoms with Crippen LogP contribution in [0.25, 0.3) is 0 Å². The molecule has 0 nitrogen and oxygen atoms in total. The maximum Gasteiger partial charge on any atom is 0.0726 e. The molecule has 0 atom stereocenters. The molecule has 0 bridgehead atoms. The van der Waals surface area contributed by atoms with Gasteiger partial charge in [-0.25, -0.2) is 0 Å². The first-order valence-corrected chi connectivity index (χ1v) is 12.9. The quantitative estimate of drug-likeness (QED) is 0.359. The maximum absolute atomic E-state index is 3.40. The first-order chi connectivity index (χ1) is 13.6. The van der Waals surface area contributed by atoms with Crippen molar-refractivity contribution in [3.05, 3.63) is 63.5 Å². The van der Waals surface area contributed by atoms with E-state index in [0.717, 1.165) is 11.1 Å². The standard InChI is InChI=1S/C25H26S4/c1-16(2)11-12-19-9-8-10-20(15-19)13-14-21-17(3)26-23(28-21)24-27-18(4)22(29-24)25(5,6)7/h8-10,15-16H,1-7H3/b24-23+. The van der Waals surface area contributed by atoms with Gasteiger partial charge in [-0.1, -0.05) is 111 Å². The van der Waals surface area contributed by atoms with Crippen molar-refractivity contribution in [2.24, 2.45) is 11.3 Å². The van der Waals surface area contributed by atoms with Gasteiger partial charge in [0, 0.05) is 26.9 Å². The predicted molar refractivity (Wildman–Crippen MR) is 137 cm³/mol. The minimum Gasteiger partial charge on any atom is -0.0951 e. The molecule has 0 N–H and O–H groups in total. The van der Waals surface area contributed by atoms with Crippen LogP contribution < -0.4 is 0 Å². The Morgan fingerprint density at radius 2 is 1.41 bits per heavy atom. The van der Waals surface area contributed by atoms with Gasteiger partial charge in [-0.2, -0.15) is 0 Å². The van der Waals surface area contributed by atoms with Gasteiger partial charge in [0.15, 0.2) is 0 Å². The van der Waals surface area contributed by atoms with E-state index in [2.05, 4.69) is 84.3 Å². The number of hydrogen-bond donors (Lipinski definition) is 0. The van der Waals surface area contributed by atoms with Gasteiger partial charge in [-0.05, 0) is 42.4 Å². The molecule has 1 aromatic rings. The topological polar surface area (TPSA) is 0 Å². The highest BCUT2D eigenvalue weighted by Gasteiger charge is 2.31. The van der Waals surface area contributed by atoms with Crippen LogP contribution >= 0.6 is 47.0 Å². The van der Waals surface area contributed by atoms with Crippen LogP contribution in [0.4, 0.5) is 0 Å². The van der Waals surface area contributed by atoms with Crippen molar-refractivity contribution < 1.29 is 0 Å². The molecule has 0 aromatic heterocycles. The van der Waals surface area contributed by atoms with Crippen molar-refractivity contribution in [2.45, 2.75) is 48.5 Å². The van der Waals surface area contributed by atoms with Crippen LogP contribution in [-0.4, -0.2) is 0 Å². The lowest BCUT2D eigenvalue weighted by molar-refractivity contribution is 0.532. The van der Waals surface area contributed by atoms with Gasteiger partial charge >= 0.3 is 0 Å². The van der Waals surface area contributed by atoms with E-state index in [9.17, 15) is 0 Å². The van der Waals surface area contributed by atoms with Gasteiger partial charge in [-0.3, -0.25) is 0 Å². The minimum atomic E-state index is 0.201. The molecule has 29 heavy (non-hydrogen) atoms. The second-order valence-corrected chi connectivity index (χ2v) is 13.3. The highest BCUT2D eigenvalue weighted by Crippen LogP contribution is 2.62. The zero-order valence-corrected chi connectivity index (χ0v) is 21.3. The monoisotopic (exact) mass is 454 g/mol. The highest BCUT2D eigenvalue weighted by atomic mass is 32.2. The number of benzene rings is 1. The van der Waals surface area contributed by atoms with Crippen LogP contribution in [0.3, 0.4) is 0 Å². The molecule has 150 valence electrons. The van der Waals surface area contributed by atoms with E-state index in [0.29, 0.717) is 5.92 Å². The Hall–Kier alpha value is -1.04. The van der Waals surface area contributed by atoms with Crippen LogP contribution in [0.15, 0.2) is 52.4 Å². The number of allylic oxidation sites excluding steroid dienone is 4. The lowest BCUT2D eigenvalue weighted by atomic mass is 9.96. The highest BCUT2D eigenvalue weighted by molar-refractivity contribution is 8.34. The predicted octanol–water partition coefficient (Wildman–Crippen LogP) is 8.64. The molecule has 2 heterocycles. The van der Waals surface area contributed by atoms with Crippen LogP contribution in [0.2, 0.25) is 0 Å². The van der Waals surface area contributed by atoms with E-state index in [-0.39, 0.29) is 5.41 Å². The van der Waals surface area contributed by atoms with E-state index in [1.807, 2.05) is 59.2 Å². The average molecular weight is 455 g/mol. The molecule has 4 heteroatoms. The third-order valence-corrected chi connectivity index (χ3v) is 10.1. The van der Waals surface area contributed by atoms with E-state index < -0.39 is 0 Å². The molecule has 0 unspecified atom stereocenters. The first-order valence-electron chi connectivity index (χ1n) is 9.65. The molecule has 2 aliphatic heterocycles. The molecular formula is C25H26S4. The van der Waals surface area contributed by atoms with Gasteiger partial charge in [0.05, 0.1) is 13.4 Å². The Kier molecular flexibility index (Phi) is 7.34. The number of thioether (sulfide) groups is 4. The summed E-state index contributed by atoms with van der Waals surface area (Å²) in [5.74, 6) is 13.6. The third kappa shape index (κ3) is 5.99. The van der Waals surface area contributed by atoms with Crippen LogP contribution in [0.5, 0.6) is 0 Å². The van der Waals surface area contributed by atoms with Crippen molar-refractivity contribution >= 4 is 47.0 Å². The van der Waals surface area contributed by atoms with Crippen LogP contribution in [0.1, 0.15) is 59.6 Å². The minimum absolute atomic E-state index is 0.201. The summed E-state index contributed by atoms with van der Waals surface area (Å²) in [6.45, 7) is 15.5. The molecule has 0 aliphatic carbocycles. The molecule has 0 fully saturated rings. The number of rotatable bonds is 0. The summed E-state index contributed by atoms with van der Waals surface area (Å²) in [5.41, 5.74) is 2.25. The summed E-state index contributed by atoms with van der Waals surface area (Å²) in [6, 6.07) is 8.22. The van der Waals surface area contributed by atoms with Gasteiger partial charge < -0.3 is 0 Å². The van der Waals surface area contributed by atoms with Gasteiger partial charge in [0.25, 0.3) is 0 Å². The second-order valence-electron chi connectivity index (χ2n) is 8.26. The summed E-state index contributed by atoms with van der Waals surface area (Å²) in [4.78, 5) is 5.38. The molecule has 0 radical (unpaired) electrons. The van der Waals surface area contributed by atoms with Crippen molar-refractivity contribution in [1.82, 2.24) is 0 Å². The summed E-state index contributed by atoms with van der Waals surface area (Å²) >= 11 is 7.54. The second kappa shape index (κ2) is 9.40. The average Bonchev–Trinajstić information content (AvgIpc) is 3.21. The van der Waals surface area contributed by atoms with Crippen molar-refractivity contribution in [3.8, 4) is 23.7 Å². The fraction of sp³-hybridized carbons (Fsp3) is 0.360. The van der Waals surface area contributed by atoms with Crippen LogP contribution in [0, 0.1) is 35.0 Å². The third-order valence-electron chi connectivity index (χ3n) is 4.06. The fourth-order valence-corrected chi connectivity index (χ4v) is 8.32. The Labute approximate surface area is 193 Å².